The van der Waals surface area contributed by atoms with Crippen molar-refractivity contribution in [2.75, 3.05) is 11.1 Å². The van der Waals surface area contributed by atoms with Crippen LogP contribution in [0.15, 0.2) is 48.5 Å². The van der Waals surface area contributed by atoms with Crippen LogP contribution in [0.25, 0.3) is 0 Å². The first-order chi connectivity index (χ1) is 12.2. The van der Waals surface area contributed by atoms with Crippen LogP contribution in [0.4, 0.5) is 11.4 Å². The Morgan fingerprint density at radius 2 is 1.69 bits per heavy atom. The number of hydrogen-bond donors (Lipinski definition) is 3. The van der Waals surface area contributed by atoms with Gasteiger partial charge in [-0.1, -0.05) is 12.1 Å². The molecule has 0 aromatic heterocycles. The van der Waals surface area contributed by atoms with E-state index in [4.69, 9.17) is 10.5 Å². The van der Waals surface area contributed by atoms with Crippen LogP contribution in [0.1, 0.15) is 36.0 Å². The molecule has 2 unspecified atom stereocenters. The van der Waals surface area contributed by atoms with Crippen molar-refractivity contribution in [1.82, 2.24) is 5.32 Å². The number of nitrogens with one attached hydrogen (secondary N) is 2. The number of hydrogen-bond acceptors (Lipinski definition) is 4. The maximum Gasteiger partial charge on any atom is 0.255 e. The molecule has 5 nitrogen and oxygen atoms in total. The van der Waals surface area contributed by atoms with Gasteiger partial charge >= 0.3 is 0 Å². The molecule has 2 atom stereocenters. The van der Waals surface area contributed by atoms with Gasteiger partial charge < -0.3 is 21.1 Å². The molecule has 138 valence electrons. The summed E-state index contributed by atoms with van der Waals surface area (Å²) in [7, 11) is 0. The summed E-state index contributed by atoms with van der Waals surface area (Å²) in [5.41, 5.74) is 7.62. The largest absolute Gasteiger partial charge is 0.490 e. The van der Waals surface area contributed by atoms with E-state index in [1.165, 1.54) is 12.8 Å². The number of benzene rings is 2. The summed E-state index contributed by atoms with van der Waals surface area (Å²) in [4.78, 5) is 12.3. The van der Waals surface area contributed by atoms with Gasteiger partial charge in [-0.3, -0.25) is 4.79 Å². The topological polar surface area (TPSA) is 76.4 Å². The minimum Gasteiger partial charge on any atom is -0.490 e. The van der Waals surface area contributed by atoms with Gasteiger partial charge in [0.1, 0.15) is 11.9 Å². The van der Waals surface area contributed by atoms with E-state index in [2.05, 4.69) is 10.6 Å². The van der Waals surface area contributed by atoms with Crippen LogP contribution >= 0.6 is 12.4 Å². The summed E-state index contributed by atoms with van der Waals surface area (Å²) in [5, 5.41) is 6.45. The monoisotopic (exact) mass is 373 g/mol. The molecule has 2 aromatic rings. The highest BCUT2D eigenvalue weighted by atomic mass is 35.5. The first-order valence-corrected chi connectivity index (χ1v) is 8.86. The Balaban J connectivity index is 0.00000196. The lowest BCUT2D eigenvalue weighted by atomic mass is 10.0. The normalized spacial score (nSPS) is 23.8. The number of carbonyl (C=O) groups excluding carboxylic acids is 1. The number of carbonyl (C=O) groups is 1. The third-order valence-corrected chi connectivity index (χ3v) is 5.06. The minimum atomic E-state index is -0.177. The summed E-state index contributed by atoms with van der Waals surface area (Å²) in [5.74, 6) is 0.645. The first-order valence-electron chi connectivity index (χ1n) is 8.86. The highest BCUT2D eigenvalue weighted by Crippen LogP contribution is 2.29. The number of para-hydroxylation sites is 2. The van der Waals surface area contributed by atoms with Crippen molar-refractivity contribution in [3.05, 3.63) is 54.1 Å². The van der Waals surface area contributed by atoms with E-state index in [0.29, 0.717) is 29.0 Å². The van der Waals surface area contributed by atoms with Crippen molar-refractivity contribution in [2.24, 2.45) is 0 Å². The molecule has 2 aliphatic rings. The Bertz CT molecular complexity index is 754. The zero-order valence-electron chi connectivity index (χ0n) is 14.5. The number of nitrogen functional groups attached to an aromatic ring is 1. The lowest BCUT2D eigenvalue weighted by Gasteiger charge is -2.29. The summed E-state index contributed by atoms with van der Waals surface area (Å²) in [6.07, 6.45) is 4.90. The smallest absolute Gasteiger partial charge is 0.255 e. The van der Waals surface area contributed by atoms with Crippen LogP contribution in [-0.2, 0) is 0 Å². The zero-order chi connectivity index (χ0) is 17.2. The second kappa shape index (κ2) is 7.98. The van der Waals surface area contributed by atoms with E-state index in [1.54, 1.807) is 24.3 Å². The molecule has 0 saturated carbocycles. The van der Waals surface area contributed by atoms with Gasteiger partial charge in [-0.05, 0) is 62.1 Å². The van der Waals surface area contributed by atoms with Gasteiger partial charge in [-0.25, -0.2) is 0 Å². The second-order valence-electron chi connectivity index (χ2n) is 6.91. The molecule has 2 saturated heterocycles. The number of anilines is 2. The molecule has 2 heterocycles. The predicted octanol–water partition coefficient (Wildman–Crippen LogP) is 3.60. The van der Waals surface area contributed by atoms with Gasteiger partial charge in [0.2, 0.25) is 0 Å². The molecule has 0 aliphatic carbocycles. The average Bonchev–Trinajstić information content (AvgIpc) is 2.96. The minimum absolute atomic E-state index is 0. The van der Waals surface area contributed by atoms with Crippen molar-refractivity contribution >= 4 is 29.7 Å². The molecule has 2 fully saturated rings. The Morgan fingerprint density at radius 1 is 1.04 bits per heavy atom. The number of halogens is 1. The van der Waals surface area contributed by atoms with E-state index >= 15 is 0 Å². The maximum absolute atomic E-state index is 12.3. The fourth-order valence-corrected chi connectivity index (χ4v) is 3.78. The van der Waals surface area contributed by atoms with Crippen LogP contribution < -0.4 is 21.1 Å². The molecule has 26 heavy (non-hydrogen) atoms. The van der Waals surface area contributed by atoms with Gasteiger partial charge in [0.25, 0.3) is 5.91 Å². The van der Waals surface area contributed by atoms with E-state index < -0.39 is 0 Å². The number of rotatable bonds is 4. The van der Waals surface area contributed by atoms with Gasteiger partial charge in [-0.2, -0.15) is 0 Å². The number of piperidine rings is 1. The summed E-state index contributed by atoms with van der Waals surface area (Å²) in [6.45, 7) is 0. The molecular weight excluding hydrogens is 350 g/mol. The quantitative estimate of drug-likeness (QED) is 0.715. The number of ether oxygens (including phenoxy) is 1. The summed E-state index contributed by atoms with van der Waals surface area (Å²) >= 11 is 0. The lowest BCUT2D eigenvalue weighted by Crippen LogP contribution is -2.42. The van der Waals surface area contributed by atoms with E-state index in [9.17, 15) is 4.79 Å². The first kappa shape index (κ1) is 18.5. The fraction of sp³-hybridized carbons (Fsp3) is 0.350. The lowest BCUT2D eigenvalue weighted by molar-refractivity contribution is 0.102. The van der Waals surface area contributed by atoms with Crippen LogP contribution in [0.2, 0.25) is 0 Å². The van der Waals surface area contributed by atoms with E-state index in [1.807, 2.05) is 24.3 Å². The third-order valence-electron chi connectivity index (χ3n) is 5.06. The predicted molar refractivity (Wildman–Crippen MR) is 106 cm³/mol. The Morgan fingerprint density at radius 3 is 2.35 bits per heavy atom. The number of amides is 1. The molecule has 0 spiro atoms. The van der Waals surface area contributed by atoms with Gasteiger partial charge in [0.05, 0.1) is 11.4 Å². The molecule has 1 amide bonds. The van der Waals surface area contributed by atoms with Gasteiger partial charge in [-0.15, -0.1) is 12.4 Å². The van der Waals surface area contributed by atoms with Crippen molar-refractivity contribution in [2.45, 2.75) is 43.9 Å². The number of fused-ring (bicyclic) bond motifs is 2. The van der Waals surface area contributed by atoms with Crippen molar-refractivity contribution in [1.29, 1.82) is 0 Å². The highest BCUT2D eigenvalue weighted by Gasteiger charge is 2.34. The van der Waals surface area contributed by atoms with Crippen molar-refractivity contribution < 1.29 is 9.53 Å². The fourth-order valence-electron chi connectivity index (χ4n) is 3.78. The van der Waals surface area contributed by atoms with Crippen molar-refractivity contribution in [3.8, 4) is 5.75 Å². The molecule has 6 heteroatoms. The zero-order valence-corrected chi connectivity index (χ0v) is 15.3. The average molecular weight is 374 g/mol. The summed E-state index contributed by atoms with van der Waals surface area (Å²) in [6, 6.07) is 15.8. The van der Waals surface area contributed by atoms with Crippen LogP contribution in [0, 0.1) is 0 Å². The van der Waals surface area contributed by atoms with Crippen LogP contribution in [-0.4, -0.2) is 24.1 Å². The van der Waals surface area contributed by atoms with Gasteiger partial charge in [0.15, 0.2) is 0 Å². The van der Waals surface area contributed by atoms with Crippen LogP contribution in [0.3, 0.4) is 0 Å². The molecule has 4 rings (SSSR count). The third kappa shape index (κ3) is 4.11. The maximum atomic E-state index is 12.3. The standard InChI is InChI=1S/C20H23N3O2.ClH/c21-18-3-1-2-4-19(18)23-20(24)13-5-9-16(10-6-13)25-17-11-14-7-8-15(12-17)22-14;/h1-6,9-10,14-15,17,22H,7-8,11-12,21H2,(H,23,24);1H. The molecular formula is C20H24ClN3O2. The Hall–Kier alpha value is -2.24. The van der Waals surface area contributed by atoms with E-state index in [0.717, 1.165) is 18.6 Å². The van der Waals surface area contributed by atoms with Crippen LogP contribution in [0.5, 0.6) is 5.75 Å². The summed E-state index contributed by atoms with van der Waals surface area (Å²) < 4.78 is 6.12. The van der Waals surface area contributed by atoms with Crippen molar-refractivity contribution in [3.63, 3.8) is 0 Å². The molecule has 4 N–H and O–H groups in total. The SMILES string of the molecule is Cl.Nc1ccccc1NC(=O)c1ccc(OC2CC3CCC(C2)N3)cc1. The van der Waals surface area contributed by atoms with E-state index in [-0.39, 0.29) is 24.4 Å². The Labute approximate surface area is 159 Å². The highest BCUT2D eigenvalue weighted by molar-refractivity contribution is 6.05. The Kier molecular flexibility index (Phi) is 5.69. The molecule has 0 radical (unpaired) electrons. The van der Waals surface area contributed by atoms with Gasteiger partial charge in [0, 0.05) is 17.6 Å². The molecule has 2 aromatic carbocycles. The second-order valence-corrected chi connectivity index (χ2v) is 6.91. The molecule has 2 bridgehead atoms. The molecule has 2 aliphatic heterocycles. The number of nitrogens with two attached hydrogens (primary N) is 1.